The molecule has 2 aromatic heterocycles. The average Bonchev–Trinajstić information content (AvgIpc) is 4.07. The quantitative estimate of drug-likeness (QED) is 0.165. The zero-order valence-electron chi connectivity index (χ0n) is 38.3. The van der Waals surface area contributed by atoms with Crippen LogP contribution in [0.5, 0.6) is 0 Å². The highest BCUT2D eigenvalue weighted by Crippen LogP contribution is 2.55. The molecular weight excluding hydrogens is 825 g/mol. The Kier molecular flexibility index (Phi) is 7.39. The predicted molar refractivity (Wildman–Crippen MR) is 285 cm³/mol. The normalized spacial score (nSPS) is 14.4. The lowest BCUT2D eigenvalue weighted by molar-refractivity contribution is 0.653. The molecule has 0 saturated carbocycles. The van der Waals surface area contributed by atoms with Gasteiger partial charge in [0.1, 0.15) is 22.3 Å². The molecule has 13 aromatic rings. The first-order valence-electron chi connectivity index (χ1n) is 23.9. The van der Waals surface area contributed by atoms with E-state index in [4.69, 9.17) is 8.83 Å². The van der Waals surface area contributed by atoms with Crippen molar-refractivity contribution in [1.82, 2.24) is 0 Å². The molecule has 15 rings (SSSR count). The van der Waals surface area contributed by atoms with Crippen LogP contribution >= 0.6 is 0 Å². The molecule has 2 aliphatic rings. The van der Waals surface area contributed by atoms with Crippen LogP contribution in [0.1, 0.15) is 49.9 Å². The molecule has 11 aromatic carbocycles. The maximum absolute atomic E-state index is 6.91. The lowest BCUT2D eigenvalue weighted by Gasteiger charge is -2.21. The molecule has 2 aliphatic carbocycles. The Hall–Kier alpha value is -8.20. The standard InChI is InChI=1S/C66H44O2/c1-65(2)53-22-11-9-19-48(53)61-55(65)30-28-46-50-35-39(25-32-57(50)67-63(46)61)59-43-17-7-8-18-44(43)60(52-34-38(24-27-45(52)59)42-21-13-15-37-14-5-6-16-41(37)42)40-26-33-58-51(36-40)47-29-31-56-62(64(47)68-58)49-20-10-12-23-54(49)66(56,3)4/h5-36H,1-4H3. The van der Waals surface area contributed by atoms with Crippen molar-refractivity contribution >= 4 is 76.2 Å². The van der Waals surface area contributed by atoms with Crippen LogP contribution in [0.4, 0.5) is 0 Å². The maximum Gasteiger partial charge on any atom is 0.143 e. The van der Waals surface area contributed by atoms with Crippen molar-refractivity contribution in [3.63, 3.8) is 0 Å². The molecule has 0 radical (unpaired) electrons. The summed E-state index contributed by atoms with van der Waals surface area (Å²) in [5.41, 5.74) is 21.0. The van der Waals surface area contributed by atoms with Gasteiger partial charge in [0.25, 0.3) is 0 Å². The molecule has 0 amide bonds. The van der Waals surface area contributed by atoms with Gasteiger partial charge in [0.15, 0.2) is 0 Å². The Morgan fingerprint density at radius 3 is 1.29 bits per heavy atom. The number of fused-ring (bicyclic) bond motifs is 17. The second-order valence-corrected chi connectivity index (χ2v) is 20.3. The lowest BCUT2D eigenvalue weighted by atomic mass is 9.82. The Morgan fingerprint density at radius 1 is 0.279 bits per heavy atom. The summed E-state index contributed by atoms with van der Waals surface area (Å²) in [6.45, 7) is 9.32. The van der Waals surface area contributed by atoms with Gasteiger partial charge in [-0.05, 0) is 129 Å². The molecular formula is C66H44O2. The van der Waals surface area contributed by atoms with E-state index in [1.165, 1.54) is 105 Å². The fourth-order valence-corrected chi connectivity index (χ4v) is 12.8. The summed E-state index contributed by atoms with van der Waals surface area (Å²) in [6, 6.07) is 72.1. The van der Waals surface area contributed by atoms with Gasteiger partial charge in [-0.3, -0.25) is 0 Å². The summed E-state index contributed by atoms with van der Waals surface area (Å²) in [7, 11) is 0. The molecule has 68 heavy (non-hydrogen) atoms. The molecule has 0 saturated heterocycles. The number of benzene rings is 11. The number of rotatable bonds is 3. The minimum atomic E-state index is -0.107. The van der Waals surface area contributed by atoms with E-state index in [0.29, 0.717) is 0 Å². The molecule has 2 heteroatoms. The fourth-order valence-electron chi connectivity index (χ4n) is 12.8. The van der Waals surface area contributed by atoms with Crippen LogP contribution in [0.25, 0.3) is 132 Å². The van der Waals surface area contributed by atoms with Crippen LogP contribution in [-0.4, -0.2) is 0 Å². The Bertz CT molecular complexity index is 4370. The van der Waals surface area contributed by atoms with E-state index in [9.17, 15) is 0 Å². The van der Waals surface area contributed by atoms with Gasteiger partial charge in [0, 0.05) is 43.5 Å². The van der Waals surface area contributed by atoms with Gasteiger partial charge in [-0.1, -0.05) is 191 Å². The molecule has 0 N–H and O–H groups in total. The van der Waals surface area contributed by atoms with E-state index >= 15 is 0 Å². The summed E-state index contributed by atoms with van der Waals surface area (Å²) < 4.78 is 13.8. The van der Waals surface area contributed by atoms with Gasteiger partial charge in [0.2, 0.25) is 0 Å². The summed E-state index contributed by atoms with van der Waals surface area (Å²) in [6.07, 6.45) is 0. The van der Waals surface area contributed by atoms with Crippen molar-refractivity contribution in [2.24, 2.45) is 0 Å². The smallest absolute Gasteiger partial charge is 0.143 e. The Morgan fingerprint density at radius 2 is 0.706 bits per heavy atom. The lowest BCUT2D eigenvalue weighted by Crippen LogP contribution is -2.14. The van der Waals surface area contributed by atoms with Crippen molar-refractivity contribution in [2.75, 3.05) is 0 Å². The largest absolute Gasteiger partial charge is 0.455 e. The van der Waals surface area contributed by atoms with Crippen molar-refractivity contribution in [1.29, 1.82) is 0 Å². The molecule has 2 heterocycles. The van der Waals surface area contributed by atoms with Crippen molar-refractivity contribution in [2.45, 2.75) is 38.5 Å². The van der Waals surface area contributed by atoms with Gasteiger partial charge in [-0.15, -0.1) is 0 Å². The van der Waals surface area contributed by atoms with E-state index in [-0.39, 0.29) is 10.8 Å². The average molecular weight is 869 g/mol. The van der Waals surface area contributed by atoms with E-state index < -0.39 is 0 Å². The van der Waals surface area contributed by atoms with E-state index in [2.05, 4.69) is 222 Å². The first-order valence-corrected chi connectivity index (χ1v) is 23.9. The first-order chi connectivity index (χ1) is 33.2. The molecule has 2 nitrogen and oxygen atoms in total. The highest BCUT2D eigenvalue weighted by Gasteiger charge is 2.39. The van der Waals surface area contributed by atoms with Crippen LogP contribution in [0.3, 0.4) is 0 Å². The molecule has 0 spiro atoms. The van der Waals surface area contributed by atoms with Gasteiger partial charge in [0.05, 0.1) is 0 Å². The van der Waals surface area contributed by atoms with E-state index in [0.717, 1.165) is 49.4 Å². The van der Waals surface area contributed by atoms with Crippen LogP contribution in [0.15, 0.2) is 203 Å². The highest BCUT2D eigenvalue weighted by molar-refractivity contribution is 6.24. The van der Waals surface area contributed by atoms with Crippen LogP contribution in [0, 0.1) is 0 Å². The van der Waals surface area contributed by atoms with Crippen LogP contribution in [-0.2, 0) is 10.8 Å². The zero-order chi connectivity index (χ0) is 45.2. The van der Waals surface area contributed by atoms with E-state index in [1.54, 1.807) is 0 Å². The fraction of sp³-hybridized carbons (Fsp3) is 0.0909. The van der Waals surface area contributed by atoms with Crippen LogP contribution in [0.2, 0.25) is 0 Å². The van der Waals surface area contributed by atoms with Crippen molar-refractivity contribution < 1.29 is 8.83 Å². The summed E-state index contributed by atoms with van der Waals surface area (Å²) in [5, 5.41) is 11.9. The van der Waals surface area contributed by atoms with Crippen molar-refractivity contribution in [3.8, 4) is 55.6 Å². The van der Waals surface area contributed by atoms with Gasteiger partial charge < -0.3 is 8.83 Å². The number of furan rings is 2. The monoisotopic (exact) mass is 868 g/mol. The molecule has 0 bridgehead atoms. The second kappa shape index (κ2) is 13.2. The maximum atomic E-state index is 6.91. The SMILES string of the molecule is CC1(C)c2ccccc2-c2c1ccc1c2oc2ccc(-c3c4ccccc4c(-c4ccc5oc6c7c(ccc6c5c4)C(C)(C)c4ccccc4-7)c4cc(-c5cccc6ccccc56)ccc34)cc21. The summed E-state index contributed by atoms with van der Waals surface area (Å²) >= 11 is 0. The van der Waals surface area contributed by atoms with Gasteiger partial charge in [-0.2, -0.15) is 0 Å². The molecule has 0 fully saturated rings. The predicted octanol–water partition coefficient (Wildman–Crippen LogP) is 18.6. The first kappa shape index (κ1) is 38.0. The Labute approximate surface area is 393 Å². The van der Waals surface area contributed by atoms with Crippen molar-refractivity contribution in [3.05, 3.63) is 216 Å². The third-order valence-corrected chi connectivity index (χ3v) is 16.1. The zero-order valence-corrected chi connectivity index (χ0v) is 38.3. The number of hydrogen-bond donors (Lipinski definition) is 0. The van der Waals surface area contributed by atoms with Gasteiger partial charge >= 0.3 is 0 Å². The Balaban J connectivity index is 0.997. The van der Waals surface area contributed by atoms with Gasteiger partial charge in [-0.25, -0.2) is 0 Å². The molecule has 0 aliphatic heterocycles. The molecule has 0 unspecified atom stereocenters. The minimum absolute atomic E-state index is 0.104. The molecule has 320 valence electrons. The van der Waals surface area contributed by atoms with Crippen LogP contribution < -0.4 is 0 Å². The minimum Gasteiger partial charge on any atom is -0.455 e. The molecule has 0 atom stereocenters. The topological polar surface area (TPSA) is 26.3 Å². The second-order valence-electron chi connectivity index (χ2n) is 20.3. The highest BCUT2D eigenvalue weighted by atomic mass is 16.3. The third-order valence-electron chi connectivity index (χ3n) is 16.1. The number of hydrogen-bond acceptors (Lipinski definition) is 2. The summed E-state index contributed by atoms with van der Waals surface area (Å²) in [4.78, 5) is 0. The van der Waals surface area contributed by atoms with E-state index in [1.807, 2.05) is 0 Å². The third kappa shape index (κ3) is 4.91. The summed E-state index contributed by atoms with van der Waals surface area (Å²) in [5.74, 6) is 0.